The lowest BCUT2D eigenvalue weighted by molar-refractivity contribution is -0.118. The highest BCUT2D eigenvalue weighted by Gasteiger charge is 2.30. The maximum Gasteiger partial charge on any atom is 0.233 e. The van der Waals surface area contributed by atoms with E-state index in [9.17, 15) is 9.00 Å². The molecular formula is C12H15NO2S. The molecule has 16 heavy (non-hydrogen) atoms. The third-order valence-corrected chi connectivity index (χ3v) is 4.20. The van der Waals surface area contributed by atoms with Crippen molar-refractivity contribution < 1.29 is 9.00 Å². The summed E-state index contributed by atoms with van der Waals surface area (Å²) in [5.74, 6) is 0.360. The van der Waals surface area contributed by atoms with Gasteiger partial charge in [0.2, 0.25) is 5.91 Å². The van der Waals surface area contributed by atoms with Crippen LogP contribution in [0.4, 0.5) is 0 Å². The largest absolute Gasteiger partial charge is 0.275 e. The van der Waals surface area contributed by atoms with Crippen molar-refractivity contribution in [1.82, 2.24) is 4.72 Å². The van der Waals surface area contributed by atoms with Crippen LogP contribution in [0.2, 0.25) is 0 Å². The van der Waals surface area contributed by atoms with E-state index < -0.39 is 11.0 Å². The van der Waals surface area contributed by atoms with Gasteiger partial charge in [-0.3, -0.25) is 9.52 Å². The van der Waals surface area contributed by atoms with Crippen LogP contribution >= 0.6 is 0 Å². The Morgan fingerprint density at radius 2 is 1.94 bits per heavy atom. The first-order chi connectivity index (χ1) is 7.58. The standard InChI is InChI=1S/C12H15NO2S/c1-8(2)9-3-5-10(6-4-9)11-7-12(14)13-16(11)15/h3-6,8,11H,7H2,1-2H3,(H,13,14). The van der Waals surface area contributed by atoms with Gasteiger partial charge >= 0.3 is 0 Å². The number of carbonyl (C=O) groups excluding carboxylic acids is 1. The van der Waals surface area contributed by atoms with Gasteiger partial charge in [-0.1, -0.05) is 38.1 Å². The molecule has 1 aliphatic heterocycles. The Morgan fingerprint density at radius 1 is 1.31 bits per heavy atom. The molecule has 1 aromatic rings. The first-order valence-electron chi connectivity index (χ1n) is 5.38. The monoisotopic (exact) mass is 237 g/mol. The van der Waals surface area contributed by atoms with Crippen LogP contribution in [-0.2, 0) is 15.8 Å². The fraction of sp³-hybridized carbons (Fsp3) is 0.417. The SMILES string of the molecule is CC(C)c1ccc(C2CC(=O)NS2=O)cc1. The van der Waals surface area contributed by atoms with Gasteiger partial charge in [0.05, 0.1) is 5.25 Å². The topological polar surface area (TPSA) is 46.2 Å². The summed E-state index contributed by atoms with van der Waals surface area (Å²) in [7, 11) is -1.26. The predicted octanol–water partition coefficient (Wildman–Crippen LogP) is 2.03. The van der Waals surface area contributed by atoms with Crippen molar-refractivity contribution in [3.05, 3.63) is 35.4 Å². The molecule has 1 amide bonds. The Morgan fingerprint density at radius 3 is 2.38 bits per heavy atom. The summed E-state index contributed by atoms with van der Waals surface area (Å²) in [6, 6.07) is 8.02. The first kappa shape index (κ1) is 11.3. The van der Waals surface area contributed by atoms with Crippen molar-refractivity contribution in [3.8, 4) is 0 Å². The van der Waals surface area contributed by atoms with Crippen LogP contribution in [0, 0.1) is 0 Å². The Bertz CT molecular complexity index is 425. The van der Waals surface area contributed by atoms with E-state index in [1.54, 1.807) is 0 Å². The van der Waals surface area contributed by atoms with Crippen molar-refractivity contribution >= 4 is 16.9 Å². The molecule has 0 bridgehead atoms. The smallest absolute Gasteiger partial charge is 0.233 e. The van der Waals surface area contributed by atoms with Crippen LogP contribution in [0.5, 0.6) is 0 Å². The highest BCUT2D eigenvalue weighted by molar-refractivity contribution is 7.84. The third-order valence-electron chi connectivity index (χ3n) is 2.82. The molecule has 86 valence electrons. The number of carbonyl (C=O) groups is 1. The van der Waals surface area contributed by atoms with Gasteiger partial charge in [0.15, 0.2) is 0 Å². The maximum atomic E-state index is 11.6. The number of rotatable bonds is 2. The summed E-state index contributed by atoms with van der Waals surface area (Å²) in [5.41, 5.74) is 2.23. The molecule has 0 aliphatic carbocycles. The van der Waals surface area contributed by atoms with Gasteiger partial charge in [0, 0.05) is 6.42 Å². The van der Waals surface area contributed by atoms with Crippen molar-refractivity contribution in [2.24, 2.45) is 0 Å². The van der Waals surface area contributed by atoms with E-state index in [0.717, 1.165) is 5.56 Å². The summed E-state index contributed by atoms with van der Waals surface area (Å²) in [6.45, 7) is 4.27. The van der Waals surface area contributed by atoms with Crippen LogP contribution in [0.3, 0.4) is 0 Å². The molecule has 2 rings (SSSR count). The number of benzene rings is 1. The average Bonchev–Trinajstić information content (AvgIpc) is 2.58. The second kappa shape index (κ2) is 4.37. The van der Waals surface area contributed by atoms with Crippen LogP contribution < -0.4 is 4.72 Å². The van der Waals surface area contributed by atoms with Gasteiger partial charge in [0.25, 0.3) is 0 Å². The van der Waals surface area contributed by atoms with Gasteiger partial charge in [-0.15, -0.1) is 0 Å². The average molecular weight is 237 g/mol. The molecule has 1 saturated heterocycles. The first-order valence-corrected chi connectivity index (χ1v) is 6.59. The molecule has 1 heterocycles. The molecule has 1 N–H and O–H groups in total. The highest BCUT2D eigenvalue weighted by atomic mass is 32.2. The van der Waals surface area contributed by atoms with E-state index >= 15 is 0 Å². The summed E-state index contributed by atoms with van der Waals surface area (Å²) in [4.78, 5) is 11.1. The number of hydrogen-bond acceptors (Lipinski definition) is 2. The maximum absolute atomic E-state index is 11.6. The summed E-state index contributed by atoms with van der Waals surface area (Å²) in [6.07, 6.45) is 0.327. The molecule has 1 aromatic carbocycles. The lowest BCUT2D eigenvalue weighted by Crippen LogP contribution is -2.15. The predicted molar refractivity (Wildman–Crippen MR) is 64.2 cm³/mol. The van der Waals surface area contributed by atoms with Gasteiger partial charge < -0.3 is 0 Å². The zero-order chi connectivity index (χ0) is 11.7. The van der Waals surface area contributed by atoms with Crippen molar-refractivity contribution in [1.29, 1.82) is 0 Å². The fourth-order valence-corrected chi connectivity index (χ4v) is 2.96. The fourth-order valence-electron chi connectivity index (χ4n) is 1.81. The summed E-state index contributed by atoms with van der Waals surface area (Å²) < 4.78 is 14.0. The quantitative estimate of drug-likeness (QED) is 0.855. The van der Waals surface area contributed by atoms with E-state index in [1.807, 2.05) is 24.3 Å². The van der Waals surface area contributed by atoms with Gasteiger partial charge in [-0.05, 0) is 17.0 Å². The normalized spacial score (nSPS) is 24.8. The molecule has 3 nitrogen and oxygen atoms in total. The molecule has 0 radical (unpaired) electrons. The minimum Gasteiger partial charge on any atom is -0.275 e. The van der Waals surface area contributed by atoms with Gasteiger partial charge in [-0.25, -0.2) is 4.21 Å². The van der Waals surface area contributed by atoms with Crippen LogP contribution in [0.15, 0.2) is 24.3 Å². The Balaban J connectivity index is 2.22. The molecule has 4 heteroatoms. The zero-order valence-corrected chi connectivity index (χ0v) is 10.2. The van der Waals surface area contributed by atoms with Crippen molar-refractivity contribution in [2.45, 2.75) is 31.4 Å². The van der Waals surface area contributed by atoms with Crippen LogP contribution in [0.1, 0.15) is 42.6 Å². The molecule has 0 aromatic heterocycles. The second-order valence-corrected chi connectivity index (χ2v) is 5.70. The Kier molecular flexibility index (Phi) is 3.10. The minimum absolute atomic E-state index is 0.128. The van der Waals surface area contributed by atoms with Crippen molar-refractivity contribution in [3.63, 3.8) is 0 Å². The molecular weight excluding hydrogens is 222 g/mol. The zero-order valence-electron chi connectivity index (χ0n) is 9.40. The molecule has 1 aliphatic rings. The van der Waals surface area contributed by atoms with E-state index in [4.69, 9.17) is 0 Å². The van der Waals surface area contributed by atoms with E-state index in [-0.39, 0.29) is 11.2 Å². The van der Waals surface area contributed by atoms with E-state index in [0.29, 0.717) is 12.3 Å². The van der Waals surface area contributed by atoms with E-state index in [2.05, 4.69) is 18.6 Å². The lowest BCUT2D eigenvalue weighted by Gasteiger charge is -2.09. The van der Waals surface area contributed by atoms with Crippen LogP contribution in [-0.4, -0.2) is 10.1 Å². The van der Waals surface area contributed by atoms with Gasteiger partial charge in [0.1, 0.15) is 11.0 Å². The number of amides is 1. The molecule has 0 spiro atoms. The molecule has 0 saturated carbocycles. The number of hydrogen-bond donors (Lipinski definition) is 1. The third kappa shape index (κ3) is 2.16. The summed E-state index contributed by atoms with van der Waals surface area (Å²) in [5, 5.41) is -0.186. The summed E-state index contributed by atoms with van der Waals surface area (Å²) >= 11 is 0. The van der Waals surface area contributed by atoms with Gasteiger partial charge in [-0.2, -0.15) is 0 Å². The number of nitrogens with one attached hydrogen (secondary N) is 1. The Labute approximate surface area is 97.8 Å². The lowest BCUT2D eigenvalue weighted by atomic mass is 10.00. The second-order valence-electron chi connectivity index (χ2n) is 4.34. The van der Waals surface area contributed by atoms with Crippen LogP contribution in [0.25, 0.3) is 0 Å². The minimum atomic E-state index is -1.26. The molecule has 2 unspecified atom stereocenters. The van der Waals surface area contributed by atoms with E-state index in [1.165, 1.54) is 5.56 Å². The molecule has 2 atom stereocenters. The van der Waals surface area contributed by atoms with Crippen molar-refractivity contribution in [2.75, 3.05) is 0 Å². The molecule has 1 fully saturated rings. The highest BCUT2D eigenvalue weighted by Crippen LogP contribution is 2.28. The Hall–Kier alpha value is -1.16.